The fourth-order valence-corrected chi connectivity index (χ4v) is 1.05. The summed E-state index contributed by atoms with van der Waals surface area (Å²) in [5, 5.41) is 0. The minimum atomic E-state index is -0.164. The Morgan fingerprint density at radius 1 is 0.867 bits per heavy atom. The second-order valence-corrected chi connectivity index (χ2v) is 5.68. The van der Waals surface area contributed by atoms with Gasteiger partial charge in [0.15, 0.2) is 0 Å². The molecule has 0 radical (unpaired) electrons. The Labute approximate surface area is 93.5 Å². The van der Waals surface area contributed by atoms with E-state index < -0.39 is 0 Å². The molecular weight excluding hydrogens is 184 g/mol. The number of hydrogen-bond donors (Lipinski definition) is 0. The molecule has 1 aromatic rings. The van der Waals surface area contributed by atoms with E-state index in [2.05, 4.69) is 53.7 Å². The van der Waals surface area contributed by atoms with Crippen LogP contribution in [0.15, 0.2) is 24.3 Å². The molecule has 0 aliphatic heterocycles. The van der Waals surface area contributed by atoms with Crippen molar-refractivity contribution in [2.24, 2.45) is 5.41 Å². The number of hydrogen-bond acceptors (Lipinski definition) is 1. The van der Waals surface area contributed by atoms with Crippen LogP contribution in [-0.4, -0.2) is 5.60 Å². The average Bonchev–Trinajstić information content (AvgIpc) is 2.06. The molecule has 0 fully saturated rings. The van der Waals surface area contributed by atoms with Gasteiger partial charge in [-0.1, -0.05) is 38.5 Å². The van der Waals surface area contributed by atoms with E-state index in [4.69, 9.17) is 4.74 Å². The Morgan fingerprint density at radius 2 is 1.33 bits per heavy atom. The summed E-state index contributed by atoms with van der Waals surface area (Å²) in [6.45, 7) is 12.9. The molecule has 0 bridgehead atoms. The molecule has 0 unspecified atom stereocenters. The highest BCUT2D eigenvalue weighted by Gasteiger charge is 2.34. The Hall–Kier alpha value is -0.980. The fourth-order valence-electron chi connectivity index (χ4n) is 1.05. The second kappa shape index (κ2) is 3.88. The number of aryl methyl sites for hydroxylation is 1. The zero-order chi connectivity index (χ0) is 11.7. The molecule has 0 amide bonds. The third kappa shape index (κ3) is 2.98. The van der Waals surface area contributed by atoms with E-state index in [1.807, 2.05) is 12.1 Å². The Morgan fingerprint density at radius 3 is 1.73 bits per heavy atom. The van der Waals surface area contributed by atoms with Gasteiger partial charge in [0.2, 0.25) is 0 Å². The quantitative estimate of drug-likeness (QED) is 0.704. The first kappa shape index (κ1) is 12.1. The molecule has 1 aromatic carbocycles. The van der Waals surface area contributed by atoms with Gasteiger partial charge in [-0.25, -0.2) is 0 Å². The van der Waals surface area contributed by atoms with Crippen LogP contribution in [0.5, 0.6) is 5.75 Å². The third-order valence-corrected chi connectivity index (χ3v) is 3.20. The zero-order valence-corrected chi connectivity index (χ0v) is 10.7. The van der Waals surface area contributed by atoms with Crippen LogP contribution in [0.1, 0.15) is 40.2 Å². The lowest BCUT2D eigenvalue weighted by molar-refractivity contribution is 0.000802. The van der Waals surface area contributed by atoms with E-state index in [-0.39, 0.29) is 11.0 Å². The van der Waals surface area contributed by atoms with Crippen LogP contribution in [0, 0.1) is 12.3 Å². The lowest BCUT2D eigenvalue weighted by atomic mass is 9.79. The van der Waals surface area contributed by atoms with Crippen molar-refractivity contribution >= 4 is 0 Å². The van der Waals surface area contributed by atoms with Crippen molar-refractivity contribution in [3.8, 4) is 5.75 Å². The van der Waals surface area contributed by atoms with Crippen molar-refractivity contribution in [3.05, 3.63) is 29.8 Å². The van der Waals surface area contributed by atoms with Crippen molar-refractivity contribution in [1.82, 2.24) is 0 Å². The average molecular weight is 206 g/mol. The van der Waals surface area contributed by atoms with Crippen LogP contribution in [0.25, 0.3) is 0 Å². The lowest BCUT2D eigenvalue weighted by Crippen LogP contribution is -2.42. The minimum absolute atomic E-state index is 0.123. The smallest absolute Gasteiger partial charge is 0.120 e. The Balaban J connectivity index is 2.82. The Bertz CT molecular complexity index is 314. The standard InChI is InChI=1S/C14H22O/c1-11-7-9-12(10-8-11)15-14(5,6)13(2,3)4/h7-10H,1-6H3. The van der Waals surface area contributed by atoms with Gasteiger partial charge in [0.05, 0.1) is 0 Å². The number of benzene rings is 1. The molecule has 84 valence electrons. The number of rotatable bonds is 2. The maximum absolute atomic E-state index is 6.02. The Kier molecular flexibility index (Phi) is 3.13. The van der Waals surface area contributed by atoms with Gasteiger partial charge < -0.3 is 4.74 Å². The molecule has 15 heavy (non-hydrogen) atoms. The lowest BCUT2D eigenvalue weighted by Gasteiger charge is -2.39. The molecule has 0 aliphatic rings. The van der Waals surface area contributed by atoms with Crippen LogP contribution in [0.3, 0.4) is 0 Å². The van der Waals surface area contributed by atoms with Gasteiger partial charge in [-0.2, -0.15) is 0 Å². The highest BCUT2D eigenvalue weighted by Crippen LogP contribution is 2.34. The second-order valence-electron chi connectivity index (χ2n) is 5.68. The molecule has 0 heterocycles. The summed E-state index contributed by atoms with van der Waals surface area (Å²) < 4.78 is 6.02. The van der Waals surface area contributed by atoms with Gasteiger partial charge in [-0.05, 0) is 32.9 Å². The fraction of sp³-hybridized carbons (Fsp3) is 0.571. The van der Waals surface area contributed by atoms with Crippen LogP contribution >= 0.6 is 0 Å². The zero-order valence-electron chi connectivity index (χ0n) is 10.7. The molecule has 1 heteroatoms. The minimum Gasteiger partial charge on any atom is -0.487 e. The highest BCUT2D eigenvalue weighted by atomic mass is 16.5. The summed E-state index contributed by atoms with van der Waals surface area (Å²) in [5.74, 6) is 0.945. The summed E-state index contributed by atoms with van der Waals surface area (Å²) >= 11 is 0. The summed E-state index contributed by atoms with van der Waals surface area (Å²) in [6, 6.07) is 8.22. The predicted octanol–water partition coefficient (Wildman–Crippen LogP) is 4.20. The SMILES string of the molecule is Cc1ccc(OC(C)(C)C(C)(C)C)cc1. The molecule has 0 aromatic heterocycles. The van der Waals surface area contributed by atoms with Crippen LogP contribution in [0.2, 0.25) is 0 Å². The van der Waals surface area contributed by atoms with Gasteiger partial charge in [0, 0.05) is 5.41 Å². The van der Waals surface area contributed by atoms with E-state index >= 15 is 0 Å². The largest absolute Gasteiger partial charge is 0.487 e. The molecule has 1 nitrogen and oxygen atoms in total. The van der Waals surface area contributed by atoms with Crippen LogP contribution < -0.4 is 4.74 Å². The van der Waals surface area contributed by atoms with Crippen LogP contribution in [-0.2, 0) is 0 Å². The highest BCUT2D eigenvalue weighted by molar-refractivity contribution is 5.27. The predicted molar refractivity (Wildman–Crippen MR) is 65.3 cm³/mol. The van der Waals surface area contributed by atoms with E-state index in [1.54, 1.807) is 0 Å². The van der Waals surface area contributed by atoms with Gasteiger partial charge >= 0.3 is 0 Å². The van der Waals surface area contributed by atoms with E-state index in [9.17, 15) is 0 Å². The van der Waals surface area contributed by atoms with E-state index in [0.29, 0.717) is 0 Å². The van der Waals surface area contributed by atoms with Crippen molar-refractivity contribution in [1.29, 1.82) is 0 Å². The van der Waals surface area contributed by atoms with E-state index in [1.165, 1.54) is 5.56 Å². The van der Waals surface area contributed by atoms with Gasteiger partial charge in [0.1, 0.15) is 11.4 Å². The molecule has 0 spiro atoms. The van der Waals surface area contributed by atoms with Crippen LogP contribution in [0.4, 0.5) is 0 Å². The monoisotopic (exact) mass is 206 g/mol. The van der Waals surface area contributed by atoms with Gasteiger partial charge in [0.25, 0.3) is 0 Å². The van der Waals surface area contributed by atoms with Crippen molar-refractivity contribution in [3.63, 3.8) is 0 Å². The summed E-state index contributed by atoms with van der Waals surface area (Å²) in [5.41, 5.74) is 1.22. The first-order valence-corrected chi connectivity index (χ1v) is 5.48. The summed E-state index contributed by atoms with van der Waals surface area (Å²) in [6.07, 6.45) is 0. The normalized spacial score (nSPS) is 12.7. The topological polar surface area (TPSA) is 9.23 Å². The summed E-state index contributed by atoms with van der Waals surface area (Å²) in [4.78, 5) is 0. The van der Waals surface area contributed by atoms with Gasteiger partial charge in [-0.15, -0.1) is 0 Å². The number of ether oxygens (including phenoxy) is 1. The third-order valence-electron chi connectivity index (χ3n) is 3.20. The summed E-state index contributed by atoms with van der Waals surface area (Å²) in [7, 11) is 0. The first-order valence-electron chi connectivity index (χ1n) is 5.48. The molecule has 1 rings (SSSR count). The molecular formula is C14H22O. The van der Waals surface area contributed by atoms with Crippen molar-refractivity contribution in [2.45, 2.75) is 47.1 Å². The van der Waals surface area contributed by atoms with Crippen molar-refractivity contribution in [2.75, 3.05) is 0 Å². The molecule has 0 saturated carbocycles. The van der Waals surface area contributed by atoms with Crippen molar-refractivity contribution < 1.29 is 4.74 Å². The van der Waals surface area contributed by atoms with E-state index in [0.717, 1.165) is 5.75 Å². The molecule has 0 atom stereocenters. The first-order chi connectivity index (χ1) is 6.72. The maximum Gasteiger partial charge on any atom is 0.120 e. The molecule has 0 saturated heterocycles. The molecule has 0 N–H and O–H groups in total. The van der Waals surface area contributed by atoms with Gasteiger partial charge in [-0.3, -0.25) is 0 Å². The molecule has 0 aliphatic carbocycles. The maximum atomic E-state index is 6.02.